The van der Waals surface area contributed by atoms with E-state index in [1.165, 1.54) is 0 Å². The van der Waals surface area contributed by atoms with Gasteiger partial charge in [-0.25, -0.2) is 0 Å². The van der Waals surface area contributed by atoms with Crippen molar-refractivity contribution in [2.75, 3.05) is 5.32 Å². The number of nitrogens with one attached hydrogen (secondary N) is 1. The van der Waals surface area contributed by atoms with Gasteiger partial charge in [-0.1, -0.05) is 72.3 Å². The molecule has 0 aromatic heterocycles. The van der Waals surface area contributed by atoms with E-state index in [1.54, 1.807) is 6.07 Å². The van der Waals surface area contributed by atoms with E-state index < -0.39 is 0 Å². The topological polar surface area (TPSA) is 29.1 Å². The Balaban J connectivity index is 1.93. The van der Waals surface area contributed by atoms with E-state index in [0.29, 0.717) is 5.02 Å². The zero-order valence-corrected chi connectivity index (χ0v) is 14.1. The second-order valence-electron chi connectivity index (χ2n) is 5.71. The smallest absolute Gasteiger partial charge is 0.236 e. The van der Waals surface area contributed by atoms with E-state index in [9.17, 15) is 4.79 Å². The molecule has 120 valence electrons. The molecule has 0 saturated heterocycles. The van der Waals surface area contributed by atoms with Crippen molar-refractivity contribution < 1.29 is 4.79 Å². The predicted octanol–water partition coefficient (Wildman–Crippen LogP) is 5.42. The molecule has 0 bridgehead atoms. The van der Waals surface area contributed by atoms with Gasteiger partial charge in [0.05, 0.1) is 5.92 Å². The van der Waals surface area contributed by atoms with Crippen molar-refractivity contribution in [1.29, 1.82) is 0 Å². The molecule has 0 unspecified atom stereocenters. The fourth-order valence-electron chi connectivity index (χ4n) is 2.72. The van der Waals surface area contributed by atoms with Crippen LogP contribution in [0.2, 0.25) is 5.02 Å². The number of carbonyl (C=O) groups is 1. The summed E-state index contributed by atoms with van der Waals surface area (Å²) in [5, 5.41) is 3.70. The summed E-state index contributed by atoms with van der Waals surface area (Å²) in [6, 6.07) is 25.1. The van der Waals surface area contributed by atoms with E-state index in [0.717, 1.165) is 22.4 Å². The first-order chi connectivity index (χ1) is 11.6. The lowest BCUT2D eigenvalue weighted by molar-refractivity contribution is -0.116. The number of hydrogen-bond acceptors (Lipinski definition) is 1. The van der Waals surface area contributed by atoms with E-state index in [-0.39, 0.29) is 11.8 Å². The maximum atomic E-state index is 13.0. The Labute approximate surface area is 147 Å². The molecular weight excluding hydrogens is 318 g/mol. The normalized spacial score (nSPS) is 10.6. The average molecular weight is 336 g/mol. The Morgan fingerprint density at radius 1 is 0.875 bits per heavy atom. The molecule has 3 aromatic rings. The summed E-state index contributed by atoms with van der Waals surface area (Å²) in [6.07, 6.45) is 0. The van der Waals surface area contributed by atoms with Gasteiger partial charge in [-0.05, 0) is 41.8 Å². The highest BCUT2D eigenvalue weighted by atomic mass is 35.5. The summed E-state index contributed by atoms with van der Waals surface area (Å²) in [6.45, 7) is 1.92. The zero-order chi connectivity index (χ0) is 16.9. The molecule has 0 atom stereocenters. The molecule has 1 N–H and O–H groups in total. The van der Waals surface area contributed by atoms with Crippen LogP contribution in [0.25, 0.3) is 0 Å². The first kappa shape index (κ1) is 16.3. The number of hydrogen-bond donors (Lipinski definition) is 1. The van der Waals surface area contributed by atoms with Gasteiger partial charge in [-0.2, -0.15) is 0 Å². The molecule has 0 spiro atoms. The van der Waals surface area contributed by atoms with Gasteiger partial charge in [0.25, 0.3) is 0 Å². The fraction of sp³-hybridized carbons (Fsp3) is 0.0952. The number of benzene rings is 3. The first-order valence-electron chi connectivity index (χ1n) is 7.82. The minimum absolute atomic E-state index is 0.0610. The lowest BCUT2D eigenvalue weighted by atomic mass is 9.90. The average Bonchev–Trinajstić information content (AvgIpc) is 2.60. The molecular formula is C21H18ClNO. The first-order valence-corrected chi connectivity index (χ1v) is 8.20. The number of anilines is 1. The standard InChI is InChI=1S/C21H18ClNO/c1-15-14-18(12-13-19(15)22)23-21(24)20(16-8-4-2-5-9-16)17-10-6-3-7-11-17/h2-14,20H,1H3,(H,23,24). The highest BCUT2D eigenvalue weighted by molar-refractivity contribution is 6.31. The Bertz CT molecular complexity index is 791. The van der Waals surface area contributed by atoms with E-state index in [1.807, 2.05) is 79.7 Å². The summed E-state index contributed by atoms with van der Waals surface area (Å²) in [5.74, 6) is -0.419. The molecule has 0 fully saturated rings. The number of carbonyl (C=O) groups excluding carboxylic acids is 1. The van der Waals surface area contributed by atoms with Crippen molar-refractivity contribution >= 4 is 23.2 Å². The Hall–Kier alpha value is -2.58. The third-order valence-electron chi connectivity index (χ3n) is 3.95. The minimum atomic E-state index is -0.358. The summed E-state index contributed by atoms with van der Waals surface area (Å²) >= 11 is 6.06. The van der Waals surface area contributed by atoms with Gasteiger partial charge in [-0.15, -0.1) is 0 Å². The van der Waals surface area contributed by atoms with Gasteiger partial charge in [0.2, 0.25) is 5.91 Å². The van der Waals surface area contributed by atoms with Crippen LogP contribution in [0.4, 0.5) is 5.69 Å². The Kier molecular flexibility index (Phi) is 4.97. The SMILES string of the molecule is Cc1cc(NC(=O)C(c2ccccc2)c2ccccc2)ccc1Cl. The van der Waals surface area contributed by atoms with E-state index in [4.69, 9.17) is 11.6 Å². The molecule has 3 aromatic carbocycles. The second-order valence-corrected chi connectivity index (χ2v) is 6.11. The molecule has 0 radical (unpaired) electrons. The quantitative estimate of drug-likeness (QED) is 0.677. The molecule has 1 amide bonds. The van der Waals surface area contributed by atoms with Crippen molar-refractivity contribution in [3.63, 3.8) is 0 Å². The Morgan fingerprint density at radius 3 is 1.92 bits per heavy atom. The van der Waals surface area contributed by atoms with Gasteiger partial charge in [-0.3, -0.25) is 4.79 Å². The molecule has 2 nitrogen and oxygen atoms in total. The Morgan fingerprint density at radius 2 is 1.42 bits per heavy atom. The van der Waals surface area contributed by atoms with Crippen LogP contribution in [-0.2, 0) is 4.79 Å². The monoisotopic (exact) mass is 335 g/mol. The van der Waals surface area contributed by atoms with E-state index >= 15 is 0 Å². The van der Waals surface area contributed by atoms with Crippen molar-refractivity contribution in [3.8, 4) is 0 Å². The molecule has 0 heterocycles. The van der Waals surface area contributed by atoms with Crippen LogP contribution in [-0.4, -0.2) is 5.91 Å². The molecule has 0 saturated carbocycles. The predicted molar refractivity (Wildman–Crippen MR) is 99.5 cm³/mol. The van der Waals surface area contributed by atoms with Crippen molar-refractivity contribution in [2.45, 2.75) is 12.8 Å². The van der Waals surface area contributed by atoms with Gasteiger partial charge in [0.1, 0.15) is 0 Å². The van der Waals surface area contributed by atoms with Crippen LogP contribution >= 0.6 is 11.6 Å². The molecule has 3 heteroatoms. The van der Waals surface area contributed by atoms with Crippen molar-refractivity contribution in [2.24, 2.45) is 0 Å². The van der Waals surface area contributed by atoms with Crippen LogP contribution in [0.15, 0.2) is 78.9 Å². The van der Waals surface area contributed by atoms with E-state index in [2.05, 4.69) is 5.32 Å². The van der Waals surface area contributed by atoms with Gasteiger partial charge in [0, 0.05) is 10.7 Å². The largest absolute Gasteiger partial charge is 0.325 e. The molecule has 0 aliphatic carbocycles. The highest BCUT2D eigenvalue weighted by Gasteiger charge is 2.22. The zero-order valence-electron chi connectivity index (χ0n) is 13.4. The molecule has 0 aliphatic heterocycles. The van der Waals surface area contributed by atoms with Gasteiger partial charge in [0.15, 0.2) is 0 Å². The molecule has 0 aliphatic rings. The summed E-state index contributed by atoms with van der Waals surface area (Å²) in [4.78, 5) is 13.0. The summed E-state index contributed by atoms with van der Waals surface area (Å²) in [7, 11) is 0. The summed E-state index contributed by atoms with van der Waals surface area (Å²) < 4.78 is 0. The lowest BCUT2D eigenvalue weighted by Crippen LogP contribution is -2.22. The van der Waals surface area contributed by atoms with Gasteiger partial charge >= 0.3 is 0 Å². The van der Waals surface area contributed by atoms with Crippen molar-refractivity contribution in [1.82, 2.24) is 0 Å². The third kappa shape index (κ3) is 3.66. The fourth-order valence-corrected chi connectivity index (χ4v) is 2.84. The maximum absolute atomic E-state index is 13.0. The second kappa shape index (κ2) is 7.33. The molecule has 24 heavy (non-hydrogen) atoms. The summed E-state index contributed by atoms with van der Waals surface area (Å²) in [5.41, 5.74) is 3.61. The van der Waals surface area contributed by atoms with Crippen LogP contribution < -0.4 is 5.32 Å². The van der Waals surface area contributed by atoms with Crippen molar-refractivity contribution in [3.05, 3.63) is 101 Å². The van der Waals surface area contributed by atoms with Gasteiger partial charge < -0.3 is 5.32 Å². The number of aryl methyl sites for hydroxylation is 1. The van der Waals surface area contributed by atoms with Crippen LogP contribution in [0.5, 0.6) is 0 Å². The third-order valence-corrected chi connectivity index (χ3v) is 4.38. The minimum Gasteiger partial charge on any atom is -0.325 e. The maximum Gasteiger partial charge on any atom is 0.236 e. The molecule has 3 rings (SSSR count). The lowest BCUT2D eigenvalue weighted by Gasteiger charge is -2.18. The van der Waals surface area contributed by atoms with Crippen LogP contribution in [0.1, 0.15) is 22.6 Å². The highest BCUT2D eigenvalue weighted by Crippen LogP contribution is 2.27. The number of halogens is 1. The number of amides is 1. The number of rotatable bonds is 4. The van der Waals surface area contributed by atoms with Crippen LogP contribution in [0, 0.1) is 6.92 Å². The van der Waals surface area contributed by atoms with Crippen LogP contribution in [0.3, 0.4) is 0 Å².